The first-order chi connectivity index (χ1) is 14.4. The first kappa shape index (κ1) is 20.4. The molecule has 0 spiro atoms. The predicted molar refractivity (Wildman–Crippen MR) is 107 cm³/mol. The molecule has 3 amide bonds. The minimum absolute atomic E-state index is 0.0573. The van der Waals surface area contributed by atoms with Gasteiger partial charge >= 0.3 is 5.97 Å². The van der Waals surface area contributed by atoms with Crippen LogP contribution in [0.2, 0.25) is 0 Å². The van der Waals surface area contributed by atoms with E-state index in [0.29, 0.717) is 23.3 Å². The highest BCUT2D eigenvalue weighted by molar-refractivity contribution is 5.95. The second-order valence-electron chi connectivity index (χ2n) is 8.91. The number of benzene rings is 1. The molecule has 4 saturated carbocycles. The number of amides is 3. The lowest BCUT2D eigenvalue weighted by atomic mass is 9.49. The fraction of sp³-hybridized carbons (Fsp3) is 0.545. The average molecular weight is 413 g/mol. The van der Waals surface area contributed by atoms with E-state index in [1.54, 1.807) is 30.3 Å². The Labute approximate surface area is 175 Å². The standard InChI is InChI=1S/C22H27N3O5/c26-18(24-25-20(28)17-4-2-1-3-5-17)13-30-19(27)12-23-21(29)22-9-14-6-15(10-22)8-16(7-14)11-22/h1-5,14-16H,6-13H2,(H,23,29)(H,24,26)(H,25,28). The Morgan fingerprint density at radius 2 is 1.50 bits per heavy atom. The lowest BCUT2D eigenvalue weighted by Gasteiger charge is -2.55. The summed E-state index contributed by atoms with van der Waals surface area (Å²) < 4.78 is 4.89. The van der Waals surface area contributed by atoms with Gasteiger partial charge in [-0.25, -0.2) is 0 Å². The van der Waals surface area contributed by atoms with Gasteiger partial charge in [0.25, 0.3) is 11.8 Å². The van der Waals surface area contributed by atoms with Gasteiger partial charge in [-0.05, 0) is 68.4 Å². The van der Waals surface area contributed by atoms with Gasteiger partial charge in [-0.2, -0.15) is 0 Å². The second-order valence-corrected chi connectivity index (χ2v) is 8.91. The third-order valence-corrected chi connectivity index (χ3v) is 6.63. The van der Waals surface area contributed by atoms with Crippen molar-refractivity contribution in [3.05, 3.63) is 35.9 Å². The Morgan fingerprint density at radius 3 is 2.10 bits per heavy atom. The molecule has 0 atom stereocenters. The summed E-state index contributed by atoms with van der Waals surface area (Å²) >= 11 is 0. The molecule has 160 valence electrons. The summed E-state index contributed by atoms with van der Waals surface area (Å²) in [6.07, 6.45) is 6.48. The van der Waals surface area contributed by atoms with E-state index in [-0.39, 0.29) is 17.9 Å². The van der Waals surface area contributed by atoms with Crippen LogP contribution < -0.4 is 16.2 Å². The van der Waals surface area contributed by atoms with Crippen LogP contribution in [-0.2, 0) is 19.1 Å². The van der Waals surface area contributed by atoms with Crippen LogP contribution in [0.25, 0.3) is 0 Å². The van der Waals surface area contributed by atoms with Crippen LogP contribution in [0.5, 0.6) is 0 Å². The molecule has 4 bridgehead atoms. The van der Waals surface area contributed by atoms with Crippen molar-refractivity contribution in [1.29, 1.82) is 0 Å². The van der Waals surface area contributed by atoms with E-state index in [0.717, 1.165) is 19.3 Å². The van der Waals surface area contributed by atoms with Crippen LogP contribution in [0.3, 0.4) is 0 Å². The number of hydrogen-bond acceptors (Lipinski definition) is 5. The van der Waals surface area contributed by atoms with Crippen molar-refractivity contribution in [2.75, 3.05) is 13.2 Å². The van der Waals surface area contributed by atoms with E-state index in [2.05, 4.69) is 16.2 Å². The van der Waals surface area contributed by atoms with Gasteiger partial charge in [0.15, 0.2) is 6.61 Å². The van der Waals surface area contributed by atoms with Crippen molar-refractivity contribution in [2.45, 2.75) is 38.5 Å². The Balaban J connectivity index is 1.16. The van der Waals surface area contributed by atoms with Gasteiger partial charge in [0.1, 0.15) is 6.54 Å². The monoisotopic (exact) mass is 413 g/mol. The van der Waals surface area contributed by atoms with Gasteiger partial charge in [0.2, 0.25) is 5.91 Å². The van der Waals surface area contributed by atoms with Crippen LogP contribution >= 0.6 is 0 Å². The number of rotatable bonds is 6. The molecule has 0 aromatic heterocycles. The third-order valence-electron chi connectivity index (χ3n) is 6.63. The number of carbonyl (C=O) groups is 4. The smallest absolute Gasteiger partial charge is 0.325 e. The molecule has 0 aliphatic heterocycles. The van der Waals surface area contributed by atoms with Crippen molar-refractivity contribution in [1.82, 2.24) is 16.2 Å². The SMILES string of the molecule is O=C(COC(=O)CNC(=O)C12CC3CC(CC(C3)C1)C2)NNC(=O)c1ccccc1. The molecule has 4 aliphatic rings. The zero-order valence-electron chi connectivity index (χ0n) is 16.8. The van der Waals surface area contributed by atoms with E-state index in [4.69, 9.17) is 4.74 Å². The molecule has 8 heteroatoms. The van der Waals surface area contributed by atoms with E-state index in [1.165, 1.54) is 19.3 Å². The molecule has 4 fully saturated rings. The quantitative estimate of drug-likeness (QED) is 0.481. The molecule has 8 nitrogen and oxygen atoms in total. The lowest BCUT2D eigenvalue weighted by Crippen LogP contribution is -2.54. The average Bonchev–Trinajstić information content (AvgIpc) is 2.74. The number of nitrogens with one attached hydrogen (secondary N) is 3. The molecule has 0 heterocycles. The summed E-state index contributed by atoms with van der Waals surface area (Å²) in [6.45, 7) is -0.800. The molecule has 5 rings (SSSR count). The summed E-state index contributed by atoms with van der Waals surface area (Å²) in [5.41, 5.74) is 4.50. The van der Waals surface area contributed by atoms with Gasteiger partial charge in [0.05, 0.1) is 0 Å². The molecule has 3 N–H and O–H groups in total. The Hall–Kier alpha value is -2.90. The fourth-order valence-corrected chi connectivity index (χ4v) is 5.75. The molecule has 1 aromatic carbocycles. The maximum Gasteiger partial charge on any atom is 0.325 e. The Kier molecular flexibility index (Phi) is 5.74. The molecular formula is C22H27N3O5. The Morgan fingerprint density at radius 1 is 0.900 bits per heavy atom. The summed E-state index contributed by atoms with van der Waals surface area (Å²) in [5, 5.41) is 2.72. The van der Waals surface area contributed by atoms with Crippen LogP contribution in [0, 0.1) is 23.2 Å². The zero-order valence-corrected chi connectivity index (χ0v) is 16.8. The van der Waals surface area contributed by atoms with Gasteiger partial charge < -0.3 is 10.1 Å². The number of ether oxygens (including phenoxy) is 1. The zero-order chi connectivity index (χ0) is 21.1. The fourth-order valence-electron chi connectivity index (χ4n) is 5.75. The minimum Gasteiger partial charge on any atom is -0.454 e. The third kappa shape index (κ3) is 4.47. The van der Waals surface area contributed by atoms with Crippen molar-refractivity contribution in [3.63, 3.8) is 0 Å². The highest BCUT2D eigenvalue weighted by atomic mass is 16.5. The maximum atomic E-state index is 12.8. The number of carbonyl (C=O) groups excluding carboxylic acids is 4. The van der Waals surface area contributed by atoms with Crippen molar-refractivity contribution < 1.29 is 23.9 Å². The van der Waals surface area contributed by atoms with Crippen LogP contribution in [0.1, 0.15) is 48.9 Å². The van der Waals surface area contributed by atoms with Crippen LogP contribution in [-0.4, -0.2) is 36.8 Å². The largest absolute Gasteiger partial charge is 0.454 e. The van der Waals surface area contributed by atoms with E-state index >= 15 is 0 Å². The van der Waals surface area contributed by atoms with E-state index in [1.807, 2.05) is 0 Å². The van der Waals surface area contributed by atoms with E-state index in [9.17, 15) is 19.2 Å². The topological polar surface area (TPSA) is 114 Å². The molecule has 1 aromatic rings. The highest BCUT2D eigenvalue weighted by Crippen LogP contribution is 2.60. The molecule has 4 aliphatic carbocycles. The van der Waals surface area contributed by atoms with Gasteiger partial charge in [-0.15, -0.1) is 0 Å². The van der Waals surface area contributed by atoms with E-state index < -0.39 is 24.4 Å². The maximum absolute atomic E-state index is 12.8. The summed E-state index contributed by atoms with van der Waals surface area (Å²) in [5.74, 6) is 0.0464. The molecular weight excluding hydrogens is 386 g/mol. The number of hydrogen-bond donors (Lipinski definition) is 3. The number of hydrazine groups is 1. The molecule has 30 heavy (non-hydrogen) atoms. The molecule has 0 unspecified atom stereocenters. The van der Waals surface area contributed by atoms with Gasteiger partial charge in [-0.3, -0.25) is 30.0 Å². The van der Waals surface area contributed by atoms with Crippen molar-refractivity contribution in [2.24, 2.45) is 23.2 Å². The highest BCUT2D eigenvalue weighted by Gasteiger charge is 2.54. The first-order valence-electron chi connectivity index (χ1n) is 10.5. The first-order valence-corrected chi connectivity index (χ1v) is 10.5. The minimum atomic E-state index is -0.683. The van der Waals surface area contributed by atoms with Crippen LogP contribution in [0.4, 0.5) is 0 Å². The lowest BCUT2D eigenvalue weighted by molar-refractivity contribution is -0.152. The summed E-state index contributed by atoms with van der Waals surface area (Å²) in [7, 11) is 0. The van der Waals surface area contributed by atoms with Gasteiger partial charge in [-0.1, -0.05) is 18.2 Å². The predicted octanol–water partition coefficient (Wildman–Crippen LogP) is 1.32. The summed E-state index contributed by atoms with van der Waals surface area (Å²) in [6, 6.07) is 8.39. The normalized spacial score (nSPS) is 28.5. The molecule has 0 saturated heterocycles. The second kappa shape index (κ2) is 8.45. The van der Waals surface area contributed by atoms with Crippen LogP contribution in [0.15, 0.2) is 30.3 Å². The molecule has 0 radical (unpaired) electrons. The Bertz CT molecular complexity index is 803. The van der Waals surface area contributed by atoms with Gasteiger partial charge in [0, 0.05) is 11.0 Å². The summed E-state index contributed by atoms with van der Waals surface area (Å²) in [4.78, 5) is 48.3. The van der Waals surface area contributed by atoms with Crippen molar-refractivity contribution in [3.8, 4) is 0 Å². The van der Waals surface area contributed by atoms with Crippen molar-refractivity contribution >= 4 is 23.7 Å². The number of esters is 1.